The van der Waals surface area contributed by atoms with Gasteiger partial charge in [-0.1, -0.05) is 6.07 Å². The van der Waals surface area contributed by atoms with Crippen LogP contribution in [0.4, 0.5) is 0 Å². The Hall–Kier alpha value is -2.36. The maximum Gasteiger partial charge on any atom is 0.171 e. The van der Waals surface area contributed by atoms with Crippen molar-refractivity contribution >= 4 is 5.78 Å². The molecular formula is C15H15NO3. The van der Waals surface area contributed by atoms with Crippen molar-refractivity contribution in [2.75, 3.05) is 14.2 Å². The van der Waals surface area contributed by atoms with Crippen molar-refractivity contribution in [3.05, 3.63) is 53.9 Å². The van der Waals surface area contributed by atoms with E-state index in [0.717, 1.165) is 5.56 Å². The molecular weight excluding hydrogens is 242 g/mol. The molecule has 0 unspecified atom stereocenters. The van der Waals surface area contributed by atoms with Gasteiger partial charge in [-0.15, -0.1) is 0 Å². The SMILES string of the molecule is COc1ccc(C(=O)Cc2cccnc2)c(OC)c1. The molecule has 98 valence electrons. The Morgan fingerprint density at radius 1 is 1.21 bits per heavy atom. The molecule has 0 amide bonds. The Morgan fingerprint density at radius 3 is 2.68 bits per heavy atom. The number of ketones is 1. The molecule has 0 aliphatic carbocycles. The molecule has 2 aromatic rings. The molecule has 4 nitrogen and oxygen atoms in total. The lowest BCUT2D eigenvalue weighted by Crippen LogP contribution is -2.06. The molecule has 0 aliphatic heterocycles. The van der Waals surface area contributed by atoms with Gasteiger partial charge in [0.1, 0.15) is 11.5 Å². The third-order valence-corrected chi connectivity index (χ3v) is 2.80. The maximum absolute atomic E-state index is 12.2. The van der Waals surface area contributed by atoms with E-state index in [-0.39, 0.29) is 5.78 Å². The first kappa shape index (κ1) is 13.1. The zero-order valence-corrected chi connectivity index (χ0v) is 10.9. The molecule has 0 radical (unpaired) electrons. The summed E-state index contributed by atoms with van der Waals surface area (Å²) in [4.78, 5) is 16.2. The summed E-state index contributed by atoms with van der Waals surface area (Å²) in [7, 11) is 3.11. The van der Waals surface area contributed by atoms with Crippen LogP contribution in [0.15, 0.2) is 42.7 Å². The number of rotatable bonds is 5. The lowest BCUT2D eigenvalue weighted by Gasteiger charge is -2.09. The first-order chi connectivity index (χ1) is 9.24. The van der Waals surface area contributed by atoms with Gasteiger partial charge in [0.15, 0.2) is 5.78 Å². The standard InChI is InChI=1S/C15H15NO3/c1-18-12-5-6-13(15(9-12)19-2)14(17)8-11-4-3-7-16-10-11/h3-7,9-10H,8H2,1-2H3. The minimum atomic E-state index is -0.00694. The quantitative estimate of drug-likeness (QED) is 0.772. The fourth-order valence-corrected chi connectivity index (χ4v) is 1.81. The minimum absolute atomic E-state index is 0.00694. The zero-order chi connectivity index (χ0) is 13.7. The second-order valence-electron chi connectivity index (χ2n) is 4.03. The van der Waals surface area contributed by atoms with Gasteiger partial charge in [-0.05, 0) is 23.8 Å². The highest BCUT2D eigenvalue weighted by Crippen LogP contribution is 2.25. The fraction of sp³-hybridized carbons (Fsp3) is 0.200. The molecule has 0 saturated carbocycles. The number of methoxy groups -OCH3 is 2. The third-order valence-electron chi connectivity index (χ3n) is 2.80. The summed E-state index contributed by atoms with van der Waals surface area (Å²) in [6.07, 6.45) is 3.67. The van der Waals surface area contributed by atoms with E-state index < -0.39 is 0 Å². The van der Waals surface area contributed by atoms with Crippen LogP contribution < -0.4 is 9.47 Å². The topological polar surface area (TPSA) is 48.4 Å². The Bertz CT molecular complexity index is 567. The largest absolute Gasteiger partial charge is 0.497 e. The number of nitrogens with zero attached hydrogens (tertiary/aromatic N) is 1. The number of benzene rings is 1. The van der Waals surface area contributed by atoms with E-state index in [1.54, 1.807) is 37.7 Å². The average molecular weight is 257 g/mol. The van der Waals surface area contributed by atoms with Crippen LogP contribution in [0.5, 0.6) is 11.5 Å². The van der Waals surface area contributed by atoms with E-state index >= 15 is 0 Å². The van der Waals surface area contributed by atoms with Crippen LogP contribution in [0.1, 0.15) is 15.9 Å². The van der Waals surface area contributed by atoms with Gasteiger partial charge in [-0.2, -0.15) is 0 Å². The average Bonchev–Trinajstić information content (AvgIpc) is 2.47. The summed E-state index contributed by atoms with van der Waals surface area (Å²) >= 11 is 0. The van der Waals surface area contributed by atoms with Crippen LogP contribution in [0.3, 0.4) is 0 Å². The van der Waals surface area contributed by atoms with Crippen molar-refractivity contribution in [2.45, 2.75) is 6.42 Å². The molecule has 0 aliphatic rings. The third kappa shape index (κ3) is 3.10. The molecule has 0 fully saturated rings. The number of hydrogen-bond donors (Lipinski definition) is 0. The summed E-state index contributed by atoms with van der Waals surface area (Å²) in [6, 6.07) is 8.86. The summed E-state index contributed by atoms with van der Waals surface area (Å²) < 4.78 is 10.3. The van der Waals surface area contributed by atoms with E-state index in [1.165, 1.54) is 7.11 Å². The first-order valence-corrected chi connectivity index (χ1v) is 5.88. The van der Waals surface area contributed by atoms with Crippen LogP contribution in [0.25, 0.3) is 0 Å². The number of hydrogen-bond acceptors (Lipinski definition) is 4. The molecule has 0 atom stereocenters. The number of Topliss-reactive ketones (excluding diaryl/α,β-unsaturated/α-hetero) is 1. The van der Waals surface area contributed by atoms with Gasteiger partial charge in [0.05, 0.1) is 19.8 Å². The summed E-state index contributed by atoms with van der Waals surface area (Å²) in [6.45, 7) is 0. The molecule has 4 heteroatoms. The lowest BCUT2D eigenvalue weighted by atomic mass is 10.0. The van der Waals surface area contributed by atoms with Crippen molar-refractivity contribution in [3.63, 3.8) is 0 Å². The van der Waals surface area contributed by atoms with Gasteiger partial charge in [-0.25, -0.2) is 0 Å². The number of carbonyl (C=O) groups is 1. The molecule has 0 N–H and O–H groups in total. The fourth-order valence-electron chi connectivity index (χ4n) is 1.81. The molecule has 2 rings (SSSR count). The van der Waals surface area contributed by atoms with E-state index in [0.29, 0.717) is 23.5 Å². The Morgan fingerprint density at radius 2 is 2.05 bits per heavy atom. The summed E-state index contributed by atoms with van der Waals surface area (Å²) in [5.41, 5.74) is 1.43. The molecule has 0 bridgehead atoms. The Balaban J connectivity index is 2.24. The molecule has 1 aromatic carbocycles. The van der Waals surface area contributed by atoms with Gasteiger partial charge in [-0.3, -0.25) is 9.78 Å². The normalized spacial score (nSPS) is 10.0. The highest BCUT2D eigenvalue weighted by atomic mass is 16.5. The Labute approximate surface area is 112 Å². The van der Waals surface area contributed by atoms with Crippen molar-refractivity contribution in [2.24, 2.45) is 0 Å². The lowest BCUT2D eigenvalue weighted by molar-refractivity contribution is 0.0990. The monoisotopic (exact) mass is 257 g/mol. The maximum atomic E-state index is 12.2. The predicted molar refractivity (Wildman–Crippen MR) is 71.8 cm³/mol. The van der Waals surface area contributed by atoms with Crippen molar-refractivity contribution < 1.29 is 14.3 Å². The molecule has 1 aromatic heterocycles. The highest BCUT2D eigenvalue weighted by molar-refractivity contribution is 6.00. The number of carbonyl (C=O) groups excluding carboxylic acids is 1. The molecule has 0 spiro atoms. The van der Waals surface area contributed by atoms with Crippen LogP contribution in [0, 0.1) is 0 Å². The van der Waals surface area contributed by atoms with Crippen LogP contribution in [-0.2, 0) is 6.42 Å². The molecule has 19 heavy (non-hydrogen) atoms. The number of aromatic nitrogens is 1. The van der Waals surface area contributed by atoms with Crippen molar-refractivity contribution in [1.29, 1.82) is 0 Å². The molecule has 0 saturated heterocycles. The predicted octanol–water partition coefficient (Wildman–Crippen LogP) is 2.52. The van der Waals surface area contributed by atoms with E-state index in [2.05, 4.69) is 4.98 Å². The summed E-state index contributed by atoms with van der Waals surface area (Å²) in [5.74, 6) is 1.18. The van der Waals surface area contributed by atoms with Crippen LogP contribution in [-0.4, -0.2) is 25.0 Å². The van der Waals surface area contributed by atoms with Gasteiger partial charge >= 0.3 is 0 Å². The molecule has 1 heterocycles. The second-order valence-corrected chi connectivity index (χ2v) is 4.03. The van der Waals surface area contributed by atoms with Gasteiger partial charge in [0, 0.05) is 24.9 Å². The Kier molecular flexibility index (Phi) is 4.13. The number of ether oxygens (including phenoxy) is 2. The number of pyridine rings is 1. The van der Waals surface area contributed by atoms with Crippen molar-refractivity contribution in [1.82, 2.24) is 4.98 Å². The van der Waals surface area contributed by atoms with E-state index in [1.807, 2.05) is 12.1 Å². The zero-order valence-electron chi connectivity index (χ0n) is 10.9. The van der Waals surface area contributed by atoms with E-state index in [9.17, 15) is 4.79 Å². The van der Waals surface area contributed by atoms with Crippen LogP contribution >= 0.6 is 0 Å². The van der Waals surface area contributed by atoms with Gasteiger partial charge in [0.2, 0.25) is 0 Å². The highest BCUT2D eigenvalue weighted by Gasteiger charge is 2.13. The van der Waals surface area contributed by atoms with Crippen molar-refractivity contribution in [3.8, 4) is 11.5 Å². The summed E-state index contributed by atoms with van der Waals surface area (Å²) in [5, 5.41) is 0. The van der Waals surface area contributed by atoms with Crippen LogP contribution in [0.2, 0.25) is 0 Å². The van der Waals surface area contributed by atoms with Gasteiger partial charge in [0.25, 0.3) is 0 Å². The second kappa shape index (κ2) is 6.00. The first-order valence-electron chi connectivity index (χ1n) is 5.88. The minimum Gasteiger partial charge on any atom is -0.497 e. The van der Waals surface area contributed by atoms with E-state index in [4.69, 9.17) is 9.47 Å². The smallest absolute Gasteiger partial charge is 0.171 e. The van der Waals surface area contributed by atoms with Gasteiger partial charge < -0.3 is 9.47 Å².